The summed E-state index contributed by atoms with van der Waals surface area (Å²) >= 11 is 5.68. The second-order valence-corrected chi connectivity index (χ2v) is 3.60. The van der Waals surface area contributed by atoms with Crippen molar-refractivity contribution >= 4 is 11.6 Å². The van der Waals surface area contributed by atoms with Crippen LogP contribution in [-0.4, -0.2) is 4.98 Å². The van der Waals surface area contributed by atoms with Gasteiger partial charge in [-0.1, -0.05) is 41.9 Å². The highest BCUT2D eigenvalue weighted by Gasteiger charge is 2.13. The Morgan fingerprint density at radius 1 is 1.00 bits per heavy atom. The van der Waals surface area contributed by atoms with E-state index in [0.29, 0.717) is 5.69 Å². The fraction of sp³-hybridized carbons (Fsp3) is 0.0833. The zero-order valence-electron chi connectivity index (χ0n) is 8.20. The summed E-state index contributed by atoms with van der Waals surface area (Å²) in [6.45, 7) is 0. The minimum atomic E-state index is -2.59. The van der Waals surface area contributed by atoms with Crippen LogP contribution in [0.15, 0.2) is 42.5 Å². The smallest absolute Gasteiger partial charge is 0.236 e. The largest absolute Gasteiger partial charge is 0.266 e. The highest BCUT2D eigenvalue weighted by Crippen LogP contribution is 2.28. The molecular weight excluding hydrogens is 232 g/mol. The van der Waals surface area contributed by atoms with E-state index in [1.807, 2.05) is 30.3 Å². The van der Waals surface area contributed by atoms with E-state index in [9.17, 15) is 8.78 Å². The first kappa shape index (κ1) is 11.0. The molecule has 82 valence electrons. The molecule has 1 aromatic carbocycles. The van der Waals surface area contributed by atoms with Crippen molar-refractivity contribution < 1.29 is 8.78 Å². The summed E-state index contributed by atoms with van der Waals surface area (Å²) in [6.07, 6.45) is -2.59. The molecule has 0 N–H and O–H groups in total. The monoisotopic (exact) mass is 239 g/mol. The SMILES string of the molecule is FC(F)c1ccc(-c2ccccc2)nc1Cl. The van der Waals surface area contributed by atoms with Crippen molar-refractivity contribution in [3.05, 3.63) is 53.2 Å². The summed E-state index contributed by atoms with van der Waals surface area (Å²) in [4.78, 5) is 3.95. The van der Waals surface area contributed by atoms with Crippen molar-refractivity contribution in [1.82, 2.24) is 4.98 Å². The molecular formula is C12H8ClF2N. The van der Waals surface area contributed by atoms with Gasteiger partial charge in [0.05, 0.1) is 11.3 Å². The van der Waals surface area contributed by atoms with Gasteiger partial charge in [0.15, 0.2) is 0 Å². The number of hydrogen-bond acceptors (Lipinski definition) is 1. The van der Waals surface area contributed by atoms with Gasteiger partial charge >= 0.3 is 0 Å². The molecule has 0 unspecified atom stereocenters. The van der Waals surface area contributed by atoms with Crippen LogP contribution < -0.4 is 0 Å². The molecule has 0 saturated carbocycles. The molecule has 0 aliphatic carbocycles. The Kier molecular flexibility index (Phi) is 3.15. The first-order valence-electron chi connectivity index (χ1n) is 4.68. The Balaban J connectivity index is 2.43. The lowest BCUT2D eigenvalue weighted by Gasteiger charge is -2.05. The molecule has 2 aromatic rings. The maximum absolute atomic E-state index is 12.4. The fourth-order valence-electron chi connectivity index (χ4n) is 1.38. The standard InChI is InChI=1S/C12H8ClF2N/c13-11-9(12(14)15)6-7-10(16-11)8-4-2-1-3-5-8/h1-7,12H. The van der Waals surface area contributed by atoms with Gasteiger partial charge in [-0.15, -0.1) is 0 Å². The molecule has 4 heteroatoms. The van der Waals surface area contributed by atoms with Gasteiger partial charge in [0, 0.05) is 5.56 Å². The lowest BCUT2D eigenvalue weighted by atomic mass is 10.1. The van der Waals surface area contributed by atoms with E-state index in [4.69, 9.17) is 11.6 Å². The van der Waals surface area contributed by atoms with E-state index < -0.39 is 6.43 Å². The molecule has 0 fully saturated rings. The van der Waals surface area contributed by atoms with Crippen LogP contribution in [0.2, 0.25) is 5.15 Å². The van der Waals surface area contributed by atoms with Crippen LogP contribution in [0, 0.1) is 0 Å². The van der Waals surface area contributed by atoms with E-state index in [1.54, 1.807) is 6.07 Å². The van der Waals surface area contributed by atoms with Crippen LogP contribution in [-0.2, 0) is 0 Å². The van der Waals surface area contributed by atoms with Crippen molar-refractivity contribution in [3.8, 4) is 11.3 Å². The number of halogens is 3. The maximum Gasteiger partial charge on any atom is 0.266 e. The Morgan fingerprint density at radius 2 is 1.69 bits per heavy atom. The second-order valence-electron chi connectivity index (χ2n) is 3.24. The number of aromatic nitrogens is 1. The number of pyridine rings is 1. The van der Waals surface area contributed by atoms with Crippen LogP contribution in [0.5, 0.6) is 0 Å². The lowest BCUT2D eigenvalue weighted by molar-refractivity contribution is 0.151. The van der Waals surface area contributed by atoms with Gasteiger partial charge in [-0.3, -0.25) is 0 Å². The fourth-order valence-corrected chi connectivity index (χ4v) is 1.61. The zero-order valence-corrected chi connectivity index (χ0v) is 8.96. The van der Waals surface area contributed by atoms with E-state index in [1.165, 1.54) is 6.07 Å². The first-order valence-corrected chi connectivity index (χ1v) is 5.06. The van der Waals surface area contributed by atoms with Crippen molar-refractivity contribution in [1.29, 1.82) is 0 Å². The van der Waals surface area contributed by atoms with Gasteiger partial charge in [0.1, 0.15) is 5.15 Å². The Hall–Kier alpha value is -1.48. The highest BCUT2D eigenvalue weighted by atomic mass is 35.5. The van der Waals surface area contributed by atoms with Gasteiger partial charge in [0.2, 0.25) is 0 Å². The third-order valence-corrected chi connectivity index (χ3v) is 2.48. The third-order valence-electron chi connectivity index (χ3n) is 2.18. The molecule has 0 saturated heterocycles. The molecule has 16 heavy (non-hydrogen) atoms. The van der Waals surface area contributed by atoms with E-state index in [2.05, 4.69) is 4.98 Å². The van der Waals surface area contributed by atoms with Gasteiger partial charge in [-0.05, 0) is 12.1 Å². The molecule has 0 bridgehead atoms. The molecule has 0 amide bonds. The minimum Gasteiger partial charge on any atom is -0.236 e. The highest BCUT2D eigenvalue weighted by molar-refractivity contribution is 6.30. The van der Waals surface area contributed by atoms with E-state index >= 15 is 0 Å². The quantitative estimate of drug-likeness (QED) is 0.711. The van der Waals surface area contributed by atoms with E-state index in [0.717, 1.165) is 5.56 Å². The summed E-state index contributed by atoms with van der Waals surface area (Å²) < 4.78 is 24.9. The number of rotatable bonds is 2. The van der Waals surface area contributed by atoms with Crippen molar-refractivity contribution in [3.63, 3.8) is 0 Å². The Labute approximate surface area is 96.7 Å². The first-order chi connectivity index (χ1) is 7.68. The number of alkyl halides is 2. The molecule has 2 rings (SSSR count). The molecule has 0 atom stereocenters. The summed E-state index contributed by atoms with van der Waals surface area (Å²) in [6, 6.07) is 12.1. The van der Waals surface area contributed by atoms with Crippen LogP contribution in [0.4, 0.5) is 8.78 Å². The zero-order chi connectivity index (χ0) is 11.5. The molecule has 0 aliphatic rings. The van der Waals surface area contributed by atoms with Crippen molar-refractivity contribution in [2.24, 2.45) is 0 Å². The summed E-state index contributed by atoms with van der Waals surface area (Å²) in [5.41, 5.74) is 1.21. The van der Waals surface area contributed by atoms with Crippen molar-refractivity contribution in [2.45, 2.75) is 6.43 Å². The van der Waals surface area contributed by atoms with Crippen LogP contribution in [0.1, 0.15) is 12.0 Å². The lowest BCUT2D eigenvalue weighted by Crippen LogP contribution is -1.91. The molecule has 0 aliphatic heterocycles. The normalized spacial score (nSPS) is 10.8. The molecule has 1 heterocycles. The van der Waals surface area contributed by atoms with Gasteiger partial charge in [-0.25, -0.2) is 13.8 Å². The van der Waals surface area contributed by atoms with Crippen molar-refractivity contribution in [2.75, 3.05) is 0 Å². The van der Waals surface area contributed by atoms with Crippen LogP contribution >= 0.6 is 11.6 Å². The van der Waals surface area contributed by atoms with Gasteiger partial charge in [-0.2, -0.15) is 0 Å². The summed E-state index contributed by atoms with van der Waals surface area (Å²) in [5, 5.41) is -0.142. The number of nitrogens with zero attached hydrogens (tertiary/aromatic N) is 1. The number of hydrogen-bond donors (Lipinski definition) is 0. The predicted octanol–water partition coefficient (Wildman–Crippen LogP) is 4.34. The average molecular weight is 240 g/mol. The van der Waals surface area contributed by atoms with Gasteiger partial charge < -0.3 is 0 Å². The maximum atomic E-state index is 12.4. The van der Waals surface area contributed by atoms with Gasteiger partial charge in [0.25, 0.3) is 6.43 Å². The molecule has 0 spiro atoms. The number of benzene rings is 1. The molecule has 1 nitrogen and oxygen atoms in total. The topological polar surface area (TPSA) is 12.9 Å². The molecule has 0 radical (unpaired) electrons. The van der Waals surface area contributed by atoms with Crippen LogP contribution in [0.25, 0.3) is 11.3 Å². The minimum absolute atomic E-state index is 0.142. The van der Waals surface area contributed by atoms with E-state index in [-0.39, 0.29) is 10.7 Å². The van der Waals surface area contributed by atoms with Crippen LogP contribution in [0.3, 0.4) is 0 Å². The Morgan fingerprint density at radius 3 is 2.25 bits per heavy atom. The average Bonchev–Trinajstić information content (AvgIpc) is 2.29. The summed E-state index contributed by atoms with van der Waals surface area (Å²) in [5.74, 6) is 0. The molecule has 1 aromatic heterocycles. The second kappa shape index (κ2) is 4.58. The third kappa shape index (κ3) is 2.19. The predicted molar refractivity (Wildman–Crippen MR) is 59.6 cm³/mol. The summed E-state index contributed by atoms with van der Waals surface area (Å²) in [7, 11) is 0. The Bertz CT molecular complexity index is 486.